The fourth-order valence-corrected chi connectivity index (χ4v) is 6.43. The molecule has 5 aromatic rings. The van der Waals surface area contributed by atoms with Gasteiger partial charge in [0.25, 0.3) is 5.91 Å². The molecule has 8 rings (SSSR count). The molecule has 2 aliphatic heterocycles. The summed E-state index contributed by atoms with van der Waals surface area (Å²) in [7, 11) is 2.12. The molecule has 1 aromatic carbocycles. The lowest BCUT2D eigenvalue weighted by atomic mass is 9.97. The molecule has 1 fully saturated rings. The SMILES string of the molecule is CN1CCN(c2ncc(C(=O)N3CCc4cc(Cn5nc(-c6cnc7c(c6)C=CC7)c6c(N)ncnc65)ccc4C3)cn2)CC1. The number of piperazine rings is 1. The number of amides is 1. The summed E-state index contributed by atoms with van der Waals surface area (Å²) in [5, 5.41) is 5.69. The Bertz CT molecular complexity index is 1960. The lowest BCUT2D eigenvalue weighted by Crippen LogP contribution is -2.45. The van der Waals surface area contributed by atoms with Gasteiger partial charge in [0.1, 0.15) is 17.8 Å². The van der Waals surface area contributed by atoms with Gasteiger partial charge in [-0.1, -0.05) is 30.4 Å². The third-order valence-corrected chi connectivity index (χ3v) is 9.02. The highest BCUT2D eigenvalue weighted by molar-refractivity contribution is 5.98. The summed E-state index contributed by atoms with van der Waals surface area (Å²) in [4.78, 5) is 42.2. The van der Waals surface area contributed by atoms with Crippen molar-refractivity contribution in [3.8, 4) is 11.3 Å². The summed E-state index contributed by atoms with van der Waals surface area (Å²) < 4.78 is 1.89. The molecular formula is C33H33N11O. The quantitative estimate of drug-likeness (QED) is 0.321. The van der Waals surface area contributed by atoms with E-state index in [1.54, 1.807) is 12.4 Å². The largest absolute Gasteiger partial charge is 0.383 e. The van der Waals surface area contributed by atoms with Crippen molar-refractivity contribution in [3.05, 3.63) is 88.8 Å². The predicted molar refractivity (Wildman–Crippen MR) is 171 cm³/mol. The van der Waals surface area contributed by atoms with Gasteiger partial charge in [-0.2, -0.15) is 5.10 Å². The zero-order valence-corrected chi connectivity index (χ0v) is 25.1. The first kappa shape index (κ1) is 27.3. The highest BCUT2D eigenvalue weighted by atomic mass is 16.2. The Hall–Kier alpha value is -5.23. The van der Waals surface area contributed by atoms with Crippen LogP contribution in [0.4, 0.5) is 11.8 Å². The van der Waals surface area contributed by atoms with E-state index in [9.17, 15) is 4.79 Å². The first-order valence-corrected chi connectivity index (χ1v) is 15.3. The second-order valence-electron chi connectivity index (χ2n) is 12.0. The Morgan fingerprint density at radius 1 is 0.933 bits per heavy atom. The summed E-state index contributed by atoms with van der Waals surface area (Å²) in [6, 6.07) is 8.53. The Kier molecular flexibility index (Phi) is 6.71. The first-order chi connectivity index (χ1) is 22.0. The Morgan fingerprint density at radius 3 is 2.62 bits per heavy atom. The molecule has 45 heavy (non-hydrogen) atoms. The third kappa shape index (κ3) is 5.06. The summed E-state index contributed by atoms with van der Waals surface area (Å²) in [5.41, 5.74) is 14.8. The molecule has 0 atom stereocenters. The molecule has 4 aromatic heterocycles. The van der Waals surface area contributed by atoms with Gasteiger partial charge in [0.05, 0.1) is 23.2 Å². The number of carbonyl (C=O) groups excluding carboxylic acids is 1. The number of benzene rings is 1. The molecular weight excluding hydrogens is 566 g/mol. The maximum absolute atomic E-state index is 13.4. The molecule has 0 bridgehead atoms. The van der Waals surface area contributed by atoms with Crippen molar-refractivity contribution in [2.75, 3.05) is 50.4 Å². The molecule has 3 aliphatic rings. The number of aromatic nitrogens is 7. The van der Waals surface area contributed by atoms with Crippen molar-refractivity contribution in [2.24, 2.45) is 0 Å². The monoisotopic (exact) mass is 599 g/mol. The molecule has 6 heterocycles. The summed E-state index contributed by atoms with van der Waals surface area (Å²) in [6.45, 7) is 5.44. The van der Waals surface area contributed by atoms with E-state index in [0.717, 1.165) is 78.0 Å². The number of fused-ring (bicyclic) bond motifs is 3. The van der Waals surface area contributed by atoms with E-state index in [1.165, 1.54) is 11.9 Å². The van der Waals surface area contributed by atoms with E-state index in [2.05, 4.69) is 78.2 Å². The van der Waals surface area contributed by atoms with Gasteiger partial charge >= 0.3 is 0 Å². The van der Waals surface area contributed by atoms with Gasteiger partial charge in [-0.15, -0.1) is 0 Å². The van der Waals surface area contributed by atoms with Crippen LogP contribution < -0.4 is 10.6 Å². The molecule has 1 aliphatic carbocycles. The molecule has 0 spiro atoms. The molecule has 1 amide bonds. The van der Waals surface area contributed by atoms with Crippen LogP contribution in [-0.4, -0.2) is 90.2 Å². The molecule has 0 saturated carbocycles. The summed E-state index contributed by atoms with van der Waals surface area (Å²) in [6.07, 6.45) is 12.5. The first-order valence-electron chi connectivity index (χ1n) is 15.3. The van der Waals surface area contributed by atoms with E-state index in [-0.39, 0.29) is 5.91 Å². The lowest BCUT2D eigenvalue weighted by molar-refractivity contribution is 0.0734. The number of nitrogens with zero attached hydrogens (tertiary/aromatic N) is 10. The number of rotatable bonds is 5. The molecule has 226 valence electrons. The van der Waals surface area contributed by atoms with Crippen LogP contribution in [0.1, 0.15) is 38.3 Å². The number of pyridine rings is 1. The topological polar surface area (TPSA) is 135 Å². The Labute approximate surface area is 260 Å². The van der Waals surface area contributed by atoms with Crippen molar-refractivity contribution >= 4 is 34.8 Å². The van der Waals surface area contributed by atoms with Crippen molar-refractivity contribution in [2.45, 2.75) is 25.9 Å². The number of allylic oxidation sites excluding steroid dienone is 1. The van der Waals surface area contributed by atoms with Crippen LogP contribution in [-0.2, 0) is 25.9 Å². The van der Waals surface area contributed by atoms with Gasteiger partial charge in [-0.25, -0.2) is 24.6 Å². The van der Waals surface area contributed by atoms with Crippen LogP contribution in [0.5, 0.6) is 0 Å². The van der Waals surface area contributed by atoms with Crippen LogP contribution in [0.3, 0.4) is 0 Å². The number of hydrogen-bond acceptors (Lipinski definition) is 10. The van der Waals surface area contributed by atoms with Crippen LogP contribution in [0, 0.1) is 0 Å². The minimum Gasteiger partial charge on any atom is -0.383 e. The third-order valence-electron chi connectivity index (χ3n) is 9.02. The smallest absolute Gasteiger partial charge is 0.257 e. The zero-order valence-electron chi connectivity index (χ0n) is 25.1. The maximum atomic E-state index is 13.4. The van der Waals surface area contributed by atoms with Crippen LogP contribution in [0.15, 0.2) is 55.3 Å². The number of likely N-dealkylation sites (N-methyl/N-ethyl adjacent to an activating group) is 1. The van der Waals surface area contributed by atoms with Crippen LogP contribution in [0.2, 0.25) is 0 Å². The summed E-state index contributed by atoms with van der Waals surface area (Å²) >= 11 is 0. The van der Waals surface area contributed by atoms with Gasteiger partial charge < -0.3 is 20.4 Å². The highest BCUT2D eigenvalue weighted by Crippen LogP contribution is 2.32. The van der Waals surface area contributed by atoms with E-state index >= 15 is 0 Å². The molecule has 12 heteroatoms. The second kappa shape index (κ2) is 11.0. The molecule has 2 N–H and O–H groups in total. The standard InChI is InChI=1S/C33H33N11O/c1-41-9-11-42(12-10-41)33-36-16-26(17-37-33)32(45)43-8-7-22-13-21(5-6-24(22)19-43)18-44-31-28(30(34)38-20-39-31)29(40-44)25-14-23-3-2-4-27(23)35-15-25/h2-3,5-6,13-17,20H,4,7-12,18-19H2,1H3,(H2,34,38,39). The summed E-state index contributed by atoms with van der Waals surface area (Å²) in [5.74, 6) is 1.04. The minimum absolute atomic E-state index is 0.0426. The van der Waals surface area contributed by atoms with Crippen molar-refractivity contribution in [1.82, 2.24) is 44.5 Å². The zero-order chi connectivity index (χ0) is 30.5. The number of nitrogens with two attached hydrogens (primary N) is 1. The van der Waals surface area contributed by atoms with Crippen LogP contribution in [0.25, 0.3) is 28.4 Å². The van der Waals surface area contributed by atoms with Gasteiger partial charge in [-0.3, -0.25) is 9.78 Å². The average Bonchev–Trinajstić information content (AvgIpc) is 3.70. The number of anilines is 2. The molecule has 0 unspecified atom stereocenters. The lowest BCUT2D eigenvalue weighted by Gasteiger charge is -2.32. The van der Waals surface area contributed by atoms with E-state index in [4.69, 9.17) is 10.8 Å². The Balaban J connectivity index is 0.998. The number of carbonyl (C=O) groups is 1. The molecule has 12 nitrogen and oxygen atoms in total. The van der Waals surface area contributed by atoms with Gasteiger partial charge in [0.15, 0.2) is 5.65 Å². The van der Waals surface area contributed by atoms with Crippen LogP contribution >= 0.6 is 0 Å². The minimum atomic E-state index is -0.0426. The Morgan fingerprint density at radius 2 is 1.78 bits per heavy atom. The fourth-order valence-electron chi connectivity index (χ4n) is 6.43. The van der Waals surface area contributed by atoms with Gasteiger partial charge in [0, 0.05) is 69.8 Å². The highest BCUT2D eigenvalue weighted by Gasteiger charge is 2.24. The van der Waals surface area contributed by atoms with Gasteiger partial charge in [0.2, 0.25) is 5.95 Å². The average molecular weight is 600 g/mol. The van der Waals surface area contributed by atoms with Crippen molar-refractivity contribution in [3.63, 3.8) is 0 Å². The van der Waals surface area contributed by atoms with Gasteiger partial charge in [-0.05, 0) is 41.8 Å². The van der Waals surface area contributed by atoms with E-state index < -0.39 is 0 Å². The predicted octanol–water partition coefficient (Wildman–Crippen LogP) is 2.83. The maximum Gasteiger partial charge on any atom is 0.257 e. The molecule has 0 radical (unpaired) electrons. The number of nitrogen functional groups attached to an aromatic ring is 1. The fraction of sp³-hybridized carbons (Fsp3) is 0.303. The van der Waals surface area contributed by atoms with Crippen molar-refractivity contribution in [1.29, 1.82) is 0 Å². The van der Waals surface area contributed by atoms with Crippen molar-refractivity contribution < 1.29 is 4.79 Å². The van der Waals surface area contributed by atoms with E-state index in [0.29, 0.717) is 42.6 Å². The normalized spacial score (nSPS) is 16.3. The molecule has 1 saturated heterocycles. The van der Waals surface area contributed by atoms with E-state index in [1.807, 2.05) is 15.8 Å². The number of hydrogen-bond donors (Lipinski definition) is 1. The second-order valence-corrected chi connectivity index (χ2v) is 12.0.